The fraction of sp³-hybridized carbons (Fsp3) is 0.333. The maximum atomic E-state index is 11.0. The van der Waals surface area contributed by atoms with Crippen LogP contribution in [0.3, 0.4) is 0 Å². The number of hydrogen-bond acceptors (Lipinski definition) is 4. The number of aryl methyl sites for hydroxylation is 2. The summed E-state index contributed by atoms with van der Waals surface area (Å²) in [5.74, 6) is 0.765. The van der Waals surface area contributed by atoms with Crippen LogP contribution in [0.4, 0.5) is 0 Å². The lowest BCUT2D eigenvalue weighted by atomic mass is 10.0. The average Bonchev–Trinajstić information content (AvgIpc) is 3.05. The van der Waals surface area contributed by atoms with Crippen molar-refractivity contribution in [3.63, 3.8) is 0 Å². The molecule has 1 aromatic carbocycles. The van der Waals surface area contributed by atoms with Gasteiger partial charge in [0, 0.05) is 27.6 Å². The molecule has 2 aromatic heterocycles. The summed E-state index contributed by atoms with van der Waals surface area (Å²) in [6.45, 7) is 10.4. The van der Waals surface area contributed by atoms with Crippen LogP contribution in [0.1, 0.15) is 49.2 Å². The van der Waals surface area contributed by atoms with E-state index in [-0.39, 0.29) is 5.92 Å². The summed E-state index contributed by atoms with van der Waals surface area (Å²) in [6.07, 6.45) is 0.985. The van der Waals surface area contributed by atoms with Gasteiger partial charge < -0.3 is 9.53 Å². The fourth-order valence-corrected chi connectivity index (χ4v) is 3.67. The van der Waals surface area contributed by atoms with Crippen LogP contribution in [0.5, 0.6) is 5.75 Å². The van der Waals surface area contributed by atoms with E-state index in [9.17, 15) is 4.79 Å². The third-order valence-electron chi connectivity index (χ3n) is 4.00. The zero-order valence-corrected chi connectivity index (χ0v) is 16.3. The standard InChI is InChI=1S/C19H19NO2S.C2H6/c1-12(9-21)18-11-23-19-8-16(6-7-17(18)19)22-10-15-5-4-13(2)20-14(15)3;1-2/h4-9,11-12H,10H2,1-3H3;1-2H3. The van der Waals surface area contributed by atoms with E-state index < -0.39 is 0 Å². The molecule has 0 saturated carbocycles. The number of rotatable bonds is 5. The molecule has 0 spiro atoms. The Kier molecular flexibility index (Phi) is 6.71. The molecule has 0 aliphatic rings. The maximum absolute atomic E-state index is 11.0. The van der Waals surface area contributed by atoms with Gasteiger partial charge in [0.15, 0.2) is 0 Å². The molecule has 132 valence electrons. The summed E-state index contributed by atoms with van der Waals surface area (Å²) in [5, 5.41) is 3.19. The number of benzene rings is 1. The van der Waals surface area contributed by atoms with E-state index in [2.05, 4.69) is 16.4 Å². The van der Waals surface area contributed by atoms with Gasteiger partial charge in [-0.1, -0.05) is 26.8 Å². The van der Waals surface area contributed by atoms with Gasteiger partial charge in [-0.2, -0.15) is 0 Å². The van der Waals surface area contributed by atoms with Gasteiger partial charge in [-0.3, -0.25) is 4.98 Å². The molecule has 0 saturated heterocycles. The van der Waals surface area contributed by atoms with Crippen LogP contribution in [0.25, 0.3) is 10.1 Å². The minimum absolute atomic E-state index is 0.0724. The predicted molar refractivity (Wildman–Crippen MR) is 106 cm³/mol. The molecule has 3 nitrogen and oxygen atoms in total. The summed E-state index contributed by atoms with van der Waals surface area (Å²) in [5.41, 5.74) is 4.20. The lowest BCUT2D eigenvalue weighted by Crippen LogP contribution is -2.00. The topological polar surface area (TPSA) is 39.2 Å². The lowest BCUT2D eigenvalue weighted by Gasteiger charge is -2.09. The molecular formula is C21H25NO2S. The Labute approximate surface area is 153 Å². The van der Waals surface area contributed by atoms with Gasteiger partial charge >= 0.3 is 0 Å². The lowest BCUT2D eigenvalue weighted by molar-refractivity contribution is -0.108. The van der Waals surface area contributed by atoms with E-state index >= 15 is 0 Å². The first kappa shape index (κ1) is 19.1. The molecule has 25 heavy (non-hydrogen) atoms. The number of hydrogen-bond donors (Lipinski definition) is 0. The Morgan fingerprint density at radius 3 is 2.64 bits per heavy atom. The fourth-order valence-electron chi connectivity index (χ4n) is 2.57. The second kappa shape index (κ2) is 8.77. The smallest absolute Gasteiger partial charge is 0.127 e. The van der Waals surface area contributed by atoms with Crippen LogP contribution >= 0.6 is 11.3 Å². The molecule has 1 unspecified atom stereocenters. The van der Waals surface area contributed by atoms with Gasteiger partial charge in [0.2, 0.25) is 0 Å². The number of nitrogens with zero attached hydrogens (tertiary/aromatic N) is 1. The van der Waals surface area contributed by atoms with E-state index in [1.165, 1.54) is 0 Å². The normalized spacial score (nSPS) is 11.6. The number of carbonyl (C=O) groups is 1. The highest BCUT2D eigenvalue weighted by Gasteiger charge is 2.11. The number of fused-ring (bicyclic) bond motifs is 1. The molecule has 0 N–H and O–H groups in total. The summed E-state index contributed by atoms with van der Waals surface area (Å²) in [7, 11) is 0. The first-order chi connectivity index (χ1) is 12.1. The average molecular weight is 356 g/mol. The van der Waals surface area contributed by atoms with Crippen LogP contribution in [-0.2, 0) is 11.4 Å². The van der Waals surface area contributed by atoms with Crippen LogP contribution in [0.15, 0.2) is 35.7 Å². The summed E-state index contributed by atoms with van der Waals surface area (Å²) >= 11 is 1.65. The third kappa shape index (κ3) is 4.45. The molecule has 0 bridgehead atoms. The van der Waals surface area contributed by atoms with Crippen molar-refractivity contribution in [3.8, 4) is 5.75 Å². The molecule has 3 aromatic rings. The van der Waals surface area contributed by atoms with Crippen molar-refractivity contribution >= 4 is 27.7 Å². The zero-order valence-electron chi connectivity index (χ0n) is 15.5. The molecule has 2 heterocycles. The predicted octanol–water partition coefficient (Wildman–Crippen LogP) is 5.82. The second-order valence-corrected chi connectivity index (χ2v) is 6.67. The van der Waals surface area contributed by atoms with Gasteiger partial charge in [-0.15, -0.1) is 11.3 Å². The van der Waals surface area contributed by atoms with Crippen molar-refractivity contribution in [1.29, 1.82) is 0 Å². The first-order valence-corrected chi connectivity index (χ1v) is 9.49. The Hall–Kier alpha value is -2.20. The minimum atomic E-state index is -0.0724. The SMILES string of the molecule is CC.Cc1ccc(COc2ccc3c(C(C)C=O)csc3c2)c(C)n1. The number of thiophene rings is 1. The highest BCUT2D eigenvalue weighted by molar-refractivity contribution is 7.17. The van der Waals surface area contributed by atoms with Gasteiger partial charge in [0.05, 0.1) is 0 Å². The van der Waals surface area contributed by atoms with Gasteiger partial charge in [-0.25, -0.2) is 0 Å². The molecule has 3 rings (SSSR count). The van der Waals surface area contributed by atoms with Crippen LogP contribution in [-0.4, -0.2) is 11.3 Å². The van der Waals surface area contributed by atoms with Crippen LogP contribution in [0, 0.1) is 13.8 Å². The largest absolute Gasteiger partial charge is 0.489 e. The zero-order chi connectivity index (χ0) is 18.4. The van der Waals surface area contributed by atoms with E-state index in [4.69, 9.17) is 4.74 Å². The molecule has 0 fully saturated rings. The molecule has 4 heteroatoms. The van der Waals surface area contributed by atoms with Crippen molar-refractivity contribution in [2.24, 2.45) is 0 Å². The van der Waals surface area contributed by atoms with Crippen LogP contribution in [0.2, 0.25) is 0 Å². The van der Waals surface area contributed by atoms with Crippen molar-refractivity contribution < 1.29 is 9.53 Å². The van der Waals surface area contributed by atoms with Gasteiger partial charge in [0.25, 0.3) is 0 Å². The monoisotopic (exact) mass is 355 g/mol. The minimum Gasteiger partial charge on any atom is -0.489 e. The number of carbonyl (C=O) groups excluding carboxylic acids is 1. The number of pyridine rings is 1. The number of ether oxygens (including phenoxy) is 1. The van der Waals surface area contributed by atoms with Crippen molar-refractivity contribution in [2.75, 3.05) is 0 Å². The van der Waals surface area contributed by atoms with E-state index in [0.29, 0.717) is 6.61 Å². The summed E-state index contributed by atoms with van der Waals surface area (Å²) < 4.78 is 7.06. The molecule has 1 atom stereocenters. The van der Waals surface area contributed by atoms with Gasteiger partial charge in [0.1, 0.15) is 18.6 Å². The Balaban J connectivity index is 0.00000109. The number of aldehydes is 1. The molecule has 0 radical (unpaired) electrons. The first-order valence-electron chi connectivity index (χ1n) is 8.61. The van der Waals surface area contributed by atoms with E-state index in [1.54, 1.807) is 11.3 Å². The molecule has 0 aliphatic carbocycles. The van der Waals surface area contributed by atoms with Crippen molar-refractivity contribution in [2.45, 2.75) is 47.1 Å². The Morgan fingerprint density at radius 2 is 1.96 bits per heavy atom. The maximum Gasteiger partial charge on any atom is 0.127 e. The van der Waals surface area contributed by atoms with E-state index in [1.807, 2.05) is 58.9 Å². The van der Waals surface area contributed by atoms with E-state index in [0.717, 1.165) is 44.6 Å². The summed E-state index contributed by atoms with van der Waals surface area (Å²) in [4.78, 5) is 15.5. The molecule has 0 aliphatic heterocycles. The third-order valence-corrected chi connectivity index (χ3v) is 4.96. The Morgan fingerprint density at radius 1 is 1.20 bits per heavy atom. The Bertz CT molecular complexity index is 854. The van der Waals surface area contributed by atoms with Crippen LogP contribution < -0.4 is 4.74 Å². The quantitative estimate of drug-likeness (QED) is 0.541. The van der Waals surface area contributed by atoms with Gasteiger partial charge in [-0.05, 0) is 54.4 Å². The highest BCUT2D eigenvalue weighted by atomic mass is 32.1. The second-order valence-electron chi connectivity index (χ2n) is 5.76. The van der Waals surface area contributed by atoms with Crippen molar-refractivity contribution in [1.82, 2.24) is 4.98 Å². The number of aromatic nitrogens is 1. The highest BCUT2D eigenvalue weighted by Crippen LogP contribution is 2.33. The molecular weight excluding hydrogens is 330 g/mol. The molecule has 0 amide bonds. The van der Waals surface area contributed by atoms with Crippen molar-refractivity contribution in [3.05, 3.63) is 58.2 Å². The summed E-state index contributed by atoms with van der Waals surface area (Å²) in [6, 6.07) is 10.1.